The Hall–Kier alpha value is -1.78. The Kier molecular flexibility index (Phi) is 2.46. The summed E-state index contributed by atoms with van der Waals surface area (Å²) in [5.74, 6) is -1.02. The first kappa shape index (κ1) is 10.7. The second-order valence-corrected chi connectivity index (χ2v) is 3.17. The van der Waals surface area contributed by atoms with Gasteiger partial charge in [0.15, 0.2) is 0 Å². The zero-order valence-corrected chi connectivity index (χ0v) is 7.88. The highest BCUT2D eigenvalue weighted by Gasteiger charge is 2.34. The number of alkyl halides is 3. The first-order valence-corrected chi connectivity index (χ1v) is 4.39. The minimum atomic E-state index is -4.70. The molecule has 0 bridgehead atoms. The summed E-state index contributed by atoms with van der Waals surface area (Å²) in [5.41, 5.74) is -1.10. The molecule has 0 amide bonds. The van der Waals surface area contributed by atoms with E-state index in [0.29, 0.717) is 0 Å². The standard InChI is InChI=1S/C11H6F4O/c12-9-4-3-7(10-2-1-5-16-10)6-8(9)11(13,14)15/h1-6H. The van der Waals surface area contributed by atoms with Crippen molar-refractivity contribution in [2.45, 2.75) is 6.18 Å². The quantitative estimate of drug-likeness (QED) is 0.672. The predicted octanol–water partition coefficient (Wildman–Crippen LogP) is 4.10. The summed E-state index contributed by atoms with van der Waals surface area (Å²) in [4.78, 5) is 0. The Bertz CT molecular complexity index is 485. The summed E-state index contributed by atoms with van der Waals surface area (Å²) < 4.78 is 55.1. The second kappa shape index (κ2) is 3.66. The topological polar surface area (TPSA) is 13.1 Å². The van der Waals surface area contributed by atoms with Crippen LogP contribution >= 0.6 is 0 Å². The van der Waals surface area contributed by atoms with Crippen LogP contribution in [0.5, 0.6) is 0 Å². The fourth-order valence-corrected chi connectivity index (χ4v) is 1.34. The lowest BCUT2D eigenvalue weighted by molar-refractivity contribution is -0.139. The van der Waals surface area contributed by atoms with Crippen LogP contribution in [-0.2, 0) is 6.18 Å². The van der Waals surface area contributed by atoms with Crippen LogP contribution in [0, 0.1) is 5.82 Å². The van der Waals surface area contributed by atoms with Crippen molar-refractivity contribution in [3.8, 4) is 11.3 Å². The summed E-state index contributed by atoms with van der Waals surface area (Å²) in [7, 11) is 0. The van der Waals surface area contributed by atoms with E-state index in [4.69, 9.17) is 4.42 Å². The molecule has 2 aromatic rings. The van der Waals surface area contributed by atoms with Crippen molar-refractivity contribution in [3.63, 3.8) is 0 Å². The lowest BCUT2D eigenvalue weighted by atomic mass is 10.1. The van der Waals surface area contributed by atoms with Gasteiger partial charge in [0.1, 0.15) is 11.6 Å². The van der Waals surface area contributed by atoms with Crippen molar-refractivity contribution in [1.29, 1.82) is 0 Å². The average molecular weight is 230 g/mol. The summed E-state index contributed by atoms with van der Waals surface area (Å²) >= 11 is 0. The number of halogens is 4. The van der Waals surface area contributed by atoms with Crippen LogP contribution in [0.2, 0.25) is 0 Å². The zero-order valence-electron chi connectivity index (χ0n) is 7.88. The maximum atomic E-state index is 13.0. The zero-order chi connectivity index (χ0) is 11.8. The molecule has 5 heteroatoms. The van der Waals surface area contributed by atoms with E-state index in [9.17, 15) is 17.6 Å². The van der Waals surface area contributed by atoms with Gasteiger partial charge in [0.05, 0.1) is 11.8 Å². The van der Waals surface area contributed by atoms with E-state index in [0.717, 1.165) is 12.1 Å². The predicted molar refractivity (Wildman–Crippen MR) is 49.1 cm³/mol. The molecule has 1 aromatic heterocycles. The fourth-order valence-electron chi connectivity index (χ4n) is 1.34. The minimum absolute atomic E-state index is 0.193. The van der Waals surface area contributed by atoms with Crippen LogP contribution < -0.4 is 0 Å². The first-order valence-electron chi connectivity index (χ1n) is 4.39. The van der Waals surface area contributed by atoms with E-state index < -0.39 is 17.6 Å². The lowest BCUT2D eigenvalue weighted by Gasteiger charge is -2.08. The normalized spacial score (nSPS) is 11.8. The van der Waals surface area contributed by atoms with Crippen molar-refractivity contribution >= 4 is 0 Å². The van der Waals surface area contributed by atoms with Crippen LogP contribution in [0.4, 0.5) is 17.6 Å². The average Bonchev–Trinajstić information content (AvgIpc) is 2.69. The third-order valence-electron chi connectivity index (χ3n) is 2.08. The number of rotatable bonds is 1. The molecule has 2 rings (SSSR count). The molecule has 0 unspecified atom stereocenters. The molecule has 1 aromatic carbocycles. The maximum absolute atomic E-state index is 13.0. The lowest BCUT2D eigenvalue weighted by Crippen LogP contribution is -2.07. The molecule has 0 saturated carbocycles. The molecule has 0 atom stereocenters. The highest BCUT2D eigenvalue weighted by atomic mass is 19.4. The van der Waals surface area contributed by atoms with Gasteiger partial charge in [-0.05, 0) is 30.3 Å². The molecule has 16 heavy (non-hydrogen) atoms. The molecule has 0 saturated heterocycles. The first-order chi connectivity index (χ1) is 7.48. The fraction of sp³-hybridized carbons (Fsp3) is 0.0909. The van der Waals surface area contributed by atoms with Gasteiger partial charge >= 0.3 is 6.18 Å². The van der Waals surface area contributed by atoms with Gasteiger partial charge in [-0.25, -0.2) is 4.39 Å². The summed E-state index contributed by atoms with van der Waals surface area (Å²) in [6.45, 7) is 0. The van der Waals surface area contributed by atoms with Gasteiger partial charge in [-0.15, -0.1) is 0 Å². The molecule has 0 N–H and O–H groups in total. The molecule has 0 aliphatic heterocycles. The third kappa shape index (κ3) is 1.93. The molecular formula is C11H6F4O. The third-order valence-corrected chi connectivity index (χ3v) is 2.08. The summed E-state index contributed by atoms with van der Waals surface area (Å²) in [6, 6.07) is 5.80. The highest BCUT2D eigenvalue weighted by molar-refractivity contribution is 5.58. The van der Waals surface area contributed by atoms with E-state index in [-0.39, 0.29) is 11.3 Å². The molecule has 0 spiro atoms. The Morgan fingerprint density at radius 1 is 1.06 bits per heavy atom. The van der Waals surface area contributed by atoms with Crippen LogP contribution in [0.25, 0.3) is 11.3 Å². The molecule has 1 nitrogen and oxygen atoms in total. The van der Waals surface area contributed by atoms with Gasteiger partial charge in [0.25, 0.3) is 0 Å². The molecule has 0 aliphatic rings. The molecule has 0 radical (unpaired) electrons. The molecule has 84 valence electrons. The van der Waals surface area contributed by atoms with Gasteiger partial charge in [0, 0.05) is 5.56 Å². The summed E-state index contributed by atoms with van der Waals surface area (Å²) in [5, 5.41) is 0. The highest BCUT2D eigenvalue weighted by Crippen LogP contribution is 2.34. The minimum Gasteiger partial charge on any atom is -0.464 e. The Morgan fingerprint density at radius 2 is 1.81 bits per heavy atom. The van der Waals surface area contributed by atoms with E-state index >= 15 is 0 Å². The number of hydrogen-bond acceptors (Lipinski definition) is 1. The second-order valence-electron chi connectivity index (χ2n) is 3.17. The van der Waals surface area contributed by atoms with Crippen molar-refractivity contribution in [1.82, 2.24) is 0 Å². The Balaban J connectivity index is 2.52. The smallest absolute Gasteiger partial charge is 0.419 e. The van der Waals surface area contributed by atoms with Crippen LogP contribution in [0.15, 0.2) is 41.0 Å². The van der Waals surface area contributed by atoms with E-state index in [1.165, 1.54) is 18.4 Å². The Labute approximate surface area is 88.3 Å². The van der Waals surface area contributed by atoms with Crippen LogP contribution in [-0.4, -0.2) is 0 Å². The van der Waals surface area contributed by atoms with Crippen molar-refractivity contribution in [2.24, 2.45) is 0 Å². The van der Waals surface area contributed by atoms with E-state index in [1.807, 2.05) is 0 Å². The number of hydrogen-bond donors (Lipinski definition) is 0. The molecule has 0 aliphatic carbocycles. The molecule has 1 heterocycles. The number of benzene rings is 1. The largest absolute Gasteiger partial charge is 0.464 e. The van der Waals surface area contributed by atoms with Gasteiger partial charge in [-0.1, -0.05) is 0 Å². The maximum Gasteiger partial charge on any atom is 0.419 e. The monoisotopic (exact) mass is 230 g/mol. The Morgan fingerprint density at radius 3 is 2.38 bits per heavy atom. The van der Waals surface area contributed by atoms with Crippen molar-refractivity contribution < 1.29 is 22.0 Å². The summed E-state index contributed by atoms with van der Waals surface area (Å²) in [6.07, 6.45) is -3.36. The number of furan rings is 1. The van der Waals surface area contributed by atoms with Gasteiger partial charge < -0.3 is 4.42 Å². The van der Waals surface area contributed by atoms with E-state index in [1.54, 1.807) is 6.07 Å². The molecular weight excluding hydrogens is 224 g/mol. The van der Waals surface area contributed by atoms with Gasteiger partial charge in [0.2, 0.25) is 0 Å². The van der Waals surface area contributed by atoms with E-state index in [2.05, 4.69) is 0 Å². The SMILES string of the molecule is Fc1ccc(-c2ccco2)cc1C(F)(F)F. The van der Waals surface area contributed by atoms with Gasteiger partial charge in [-0.3, -0.25) is 0 Å². The van der Waals surface area contributed by atoms with Crippen LogP contribution in [0.1, 0.15) is 5.56 Å². The van der Waals surface area contributed by atoms with Crippen molar-refractivity contribution in [2.75, 3.05) is 0 Å². The van der Waals surface area contributed by atoms with Crippen LogP contribution in [0.3, 0.4) is 0 Å². The van der Waals surface area contributed by atoms with Gasteiger partial charge in [-0.2, -0.15) is 13.2 Å². The molecule has 0 fully saturated rings. The van der Waals surface area contributed by atoms with Crippen molar-refractivity contribution in [3.05, 3.63) is 48.0 Å².